The summed E-state index contributed by atoms with van der Waals surface area (Å²) in [5, 5.41) is 19.3. The van der Waals surface area contributed by atoms with Crippen LogP contribution in [0.4, 0.5) is 5.82 Å². The first-order valence-electron chi connectivity index (χ1n) is 10.6. The first kappa shape index (κ1) is 21.3. The molecule has 0 atom stereocenters. The van der Waals surface area contributed by atoms with Gasteiger partial charge in [-0.2, -0.15) is 4.52 Å². The van der Waals surface area contributed by atoms with Crippen LogP contribution in [0.2, 0.25) is 0 Å². The van der Waals surface area contributed by atoms with Crippen LogP contribution < -0.4 is 15.4 Å². The molecule has 8 nitrogen and oxygen atoms in total. The zero-order valence-electron chi connectivity index (χ0n) is 18.2. The van der Waals surface area contributed by atoms with E-state index in [0.29, 0.717) is 30.0 Å². The normalized spacial score (nSPS) is 10.8. The Kier molecular flexibility index (Phi) is 6.60. The molecule has 0 fully saturated rings. The third kappa shape index (κ3) is 5.21. The van der Waals surface area contributed by atoms with Gasteiger partial charge in [-0.3, -0.25) is 4.79 Å². The minimum absolute atomic E-state index is 0.104. The van der Waals surface area contributed by atoms with Crippen LogP contribution in [0.15, 0.2) is 60.7 Å². The first-order chi connectivity index (χ1) is 15.6. The summed E-state index contributed by atoms with van der Waals surface area (Å²) in [5.41, 5.74) is 3.65. The Hall–Kier alpha value is -3.94. The van der Waals surface area contributed by atoms with Crippen LogP contribution in [0.3, 0.4) is 0 Å². The van der Waals surface area contributed by atoms with Crippen molar-refractivity contribution in [2.45, 2.75) is 19.8 Å². The minimum Gasteiger partial charge on any atom is -0.497 e. The number of aromatic nitrogens is 4. The molecule has 0 aliphatic carbocycles. The molecule has 0 saturated carbocycles. The molecule has 0 saturated heterocycles. The summed E-state index contributed by atoms with van der Waals surface area (Å²) in [7, 11) is 1.66. The van der Waals surface area contributed by atoms with Crippen LogP contribution in [0.5, 0.6) is 5.75 Å². The van der Waals surface area contributed by atoms with Crippen molar-refractivity contribution in [3.05, 3.63) is 83.2 Å². The molecule has 32 heavy (non-hydrogen) atoms. The van der Waals surface area contributed by atoms with Gasteiger partial charge in [-0.15, -0.1) is 15.3 Å². The lowest BCUT2D eigenvalue weighted by Gasteiger charge is -2.08. The Morgan fingerprint density at radius 2 is 1.72 bits per heavy atom. The van der Waals surface area contributed by atoms with Gasteiger partial charge in [0.15, 0.2) is 11.5 Å². The fourth-order valence-electron chi connectivity index (χ4n) is 3.31. The number of fused-ring (bicyclic) bond motifs is 1. The molecule has 4 rings (SSSR count). The molecule has 2 N–H and O–H groups in total. The highest BCUT2D eigenvalue weighted by Gasteiger charge is 2.09. The number of hydrogen-bond acceptors (Lipinski definition) is 6. The zero-order valence-corrected chi connectivity index (χ0v) is 18.2. The van der Waals surface area contributed by atoms with Gasteiger partial charge in [-0.25, -0.2) is 0 Å². The highest BCUT2D eigenvalue weighted by Crippen LogP contribution is 2.12. The third-order valence-electron chi connectivity index (χ3n) is 5.15. The zero-order chi connectivity index (χ0) is 22.3. The van der Waals surface area contributed by atoms with Crippen molar-refractivity contribution >= 4 is 17.4 Å². The number of anilines is 1. The van der Waals surface area contributed by atoms with Crippen LogP contribution in [0, 0.1) is 6.92 Å². The van der Waals surface area contributed by atoms with E-state index in [1.165, 1.54) is 5.56 Å². The first-order valence-corrected chi connectivity index (χ1v) is 10.6. The maximum Gasteiger partial charge on any atom is 0.251 e. The van der Waals surface area contributed by atoms with Crippen LogP contribution in [0.25, 0.3) is 5.65 Å². The second-order valence-corrected chi connectivity index (χ2v) is 7.50. The second-order valence-electron chi connectivity index (χ2n) is 7.50. The molecular formula is C24H26N6O2. The van der Waals surface area contributed by atoms with Gasteiger partial charge in [0, 0.05) is 25.1 Å². The van der Waals surface area contributed by atoms with Crippen molar-refractivity contribution in [3.8, 4) is 5.75 Å². The molecule has 8 heteroatoms. The number of carbonyl (C=O) groups excluding carboxylic acids is 1. The number of methoxy groups -OCH3 is 1. The molecular weight excluding hydrogens is 404 g/mol. The van der Waals surface area contributed by atoms with Crippen LogP contribution in [-0.4, -0.2) is 45.9 Å². The summed E-state index contributed by atoms with van der Waals surface area (Å²) in [6.07, 6.45) is 1.39. The van der Waals surface area contributed by atoms with E-state index in [0.717, 1.165) is 30.1 Å². The molecule has 0 spiro atoms. The van der Waals surface area contributed by atoms with Gasteiger partial charge in [-0.1, -0.05) is 29.8 Å². The Morgan fingerprint density at radius 3 is 2.47 bits per heavy atom. The topological polar surface area (TPSA) is 93.4 Å². The fourth-order valence-corrected chi connectivity index (χ4v) is 3.31. The van der Waals surface area contributed by atoms with E-state index in [1.54, 1.807) is 11.6 Å². The van der Waals surface area contributed by atoms with E-state index in [4.69, 9.17) is 4.74 Å². The van der Waals surface area contributed by atoms with Crippen molar-refractivity contribution < 1.29 is 9.53 Å². The van der Waals surface area contributed by atoms with Crippen LogP contribution in [-0.2, 0) is 12.8 Å². The number of nitrogens with one attached hydrogen (secondary N) is 2. The van der Waals surface area contributed by atoms with Gasteiger partial charge in [0.25, 0.3) is 5.91 Å². The largest absolute Gasteiger partial charge is 0.497 e. The third-order valence-corrected chi connectivity index (χ3v) is 5.15. The minimum atomic E-state index is -0.104. The number of benzene rings is 2. The lowest BCUT2D eigenvalue weighted by atomic mass is 10.1. The standard InChI is InChI=1S/C24H26N6O2/c1-17-3-7-19(8-4-17)24(31)26-16-14-23-28-27-22-12-11-21(29-30(22)23)25-15-13-18-5-9-20(32-2)10-6-18/h3-12H,13-16H2,1-2H3,(H,25,29)(H,26,31). The molecule has 2 aromatic heterocycles. The van der Waals surface area contributed by atoms with Crippen molar-refractivity contribution in [3.63, 3.8) is 0 Å². The average Bonchev–Trinajstić information content (AvgIpc) is 3.22. The molecule has 0 bridgehead atoms. The Balaban J connectivity index is 1.32. The van der Waals surface area contributed by atoms with Crippen LogP contribution >= 0.6 is 0 Å². The van der Waals surface area contributed by atoms with Gasteiger partial charge in [0.2, 0.25) is 0 Å². The predicted octanol–water partition coefficient (Wildman–Crippen LogP) is 3.07. The van der Waals surface area contributed by atoms with Gasteiger partial charge in [0.1, 0.15) is 11.6 Å². The van der Waals surface area contributed by atoms with E-state index in [-0.39, 0.29) is 5.91 Å². The number of aryl methyl sites for hydroxylation is 1. The molecule has 0 radical (unpaired) electrons. The number of nitrogens with zero attached hydrogens (tertiary/aromatic N) is 4. The lowest BCUT2D eigenvalue weighted by molar-refractivity contribution is 0.0954. The molecule has 1 amide bonds. The Labute approximate surface area is 186 Å². The molecule has 2 heterocycles. The number of ether oxygens (including phenoxy) is 1. The van der Waals surface area contributed by atoms with Crippen molar-refractivity contribution in [1.29, 1.82) is 0 Å². The summed E-state index contributed by atoms with van der Waals surface area (Å²) < 4.78 is 6.91. The number of rotatable bonds is 9. The van der Waals surface area contributed by atoms with E-state index in [1.807, 2.05) is 55.5 Å². The maximum absolute atomic E-state index is 12.3. The lowest BCUT2D eigenvalue weighted by Crippen LogP contribution is -2.26. The van der Waals surface area contributed by atoms with Gasteiger partial charge >= 0.3 is 0 Å². The van der Waals surface area contributed by atoms with Crippen molar-refractivity contribution in [1.82, 2.24) is 25.1 Å². The number of carbonyl (C=O) groups is 1. The van der Waals surface area contributed by atoms with Crippen LogP contribution in [0.1, 0.15) is 27.3 Å². The van der Waals surface area contributed by atoms with Gasteiger partial charge in [-0.05, 0) is 55.3 Å². The second kappa shape index (κ2) is 9.91. The number of amides is 1. The van der Waals surface area contributed by atoms with Gasteiger partial charge < -0.3 is 15.4 Å². The summed E-state index contributed by atoms with van der Waals surface area (Å²) in [5.74, 6) is 2.19. The maximum atomic E-state index is 12.3. The highest BCUT2D eigenvalue weighted by atomic mass is 16.5. The summed E-state index contributed by atoms with van der Waals surface area (Å²) in [4.78, 5) is 12.3. The molecule has 164 valence electrons. The average molecular weight is 431 g/mol. The molecule has 0 aliphatic rings. The summed E-state index contributed by atoms with van der Waals surface area (Å²) in [6.45, 7) is 3.19. The highest BCUT2D eigenvalue weighted by molar-refractivity contribution is 5.94. The summed E-state index contributed by atoms with van der Waals surface area (Å²) >= 11 is 0. The van der Waals surface area contributed by atoms with Crippen molar-refractivity contribution in [2.75, 3.05) is 25.5 Å². The molecule has 4 aromatic rings. The van der Waals surface area contributed by atoms with E-state index < -0.39 is 0 Å². The molecule has 0 unspecified atom stereocenters. The smallest absolute Gasteiger partial charge is 0.251 e. The predicted molar refractivity (Wildman–Crippen MR) is 123 cm³/mol. The quantitative estimate of drug-likeness (QED) is 0.424. The fraction of sp³-hybridized carbons (Fsp3) is 0.250. The monoisotopic (exact) mass is 430 g/mol. The van der Waals surface area contributed by atoms with E-state index in [2.05, 4.69) is 38.1 Å². The van der Waals surface area contributed by atoms with E-state index >= 15 is 0 Å². The summed E-state index contributed by atoms with van der Waals surface area (Å²) in [6, 6.07) is 19.3. The van der Waals surface area contributed by atoms with E-state index in [9.17, 15) is 4.79 Å². The SMILES string of the molecule is COc1ccc(CCNc2ccc3nnc(CCNC(=O)c4ccc(C)cc4)n3n2)cc1. The molecule has 2 aromatic carbocycles. The Morgan fingerprint density at radius 1 is 0.938 bits per heavy atom. The van der Waals surface area contributed by atoms with Gasteiger partial charge in [0.05, 0.1) is 7.11 Å². The molecule has 0 aliphatic heterocycles. The Bertz CT molecular complexity index is 1190. The van der Waals surface area contributed by atoms with Crippen molar-refractivity contribution in [2.24, 2.45) is 0 Å². The number of hydrogen-bond donors (Lipinski definition) is 2.